The predicted molar refractivity (Wildman–Crippen MR) is 144 cm³/mol. The number of hydrogen-bond acceptors (Lipinski definition) is 9. The highest BCUT2D eigenvalue weighted by atomic mass is 16.4. The number of rotatable bonds is 14. The van der Waals surface area contributed by atoms with E-state index in [1.807, 2.05) is 0 Å². The van der Waals surface area contributed by atoms with Crippen molar-refractivity contribution < 1.29 is 39.6 Å². The topological polar surface area (TPSA) is 240 Å². The summed E-state index contributed by atoms with van der Waals surface area (Å²) in [5, 5.41) is 45.0. The Morgan fingerprint density at radius 1 is 0.756 bits per heavy atom. The Morgan fingerprint density at radius 3 is 1.73 bits per heavy atom. The largest absolute Gasteiger partial charge is 0.508 e. The summed E-state index contributed by atoms with van der Waals surface area (Å²) < 4.78 is 0. The molecule has 10 N–H and O–H groups in total. The number of nitrogens with zero attached hydrogens (tertiary/aromatic N) is 1. The molecule has 4 atom stereocenters. The summed E-state index contributed by atoms with van der Waals surface area (Å²) >= 11 is 0. The molecule has 0 radical (unpaired) electrons. The molecule has 0 bridgehead atoms. The van der Waals surface area contributed by atoms with Gasteiger partial charge in [-0.05, 0) is 41.8 Å². The standard InChI is InChI=1S/C27H32N6O8/c28-20(9-15-1-5-18(35)6-2-15)24(37)31-22(11-17-12-29-14-30-17)26(39)32-21(10-16-3-7-19(36)8-4-16)25(38)33-23(13-34)27(40)41/h1-8,12,14,20-23,34-36H,9-11,13,28H2,(H,29,30)(H,31,37)(H,32,39)(H,33,38)(H,40,41). The van der Waals surface area contributed by atoms with E-state index in [1.54, 1.807) is 12.1 Å². The van der Waals surface area contributed by atoms with E-state index in [1.165, 1.54) is 48.9 Å². The first-order chi connectivity index (χ1) is 19.5. The average molecular weight is 569 g/mol. The SMILES string of the molecule is NC(Cc1ccc(O)cc1)C(=O)NC(Cc1cnc[nH]1)C(=O)NC(Cc1ccc(O)cc1)C(=O)NC(CO)C(=O)O. The Balaban J connectivity index is 1.79. The molecule has 0 saturated heterocycles. The molecule has 3 amide bonds. The van der Waals surface area contributed by atoms with Gasteiger partial charge >= 0.3 is 5.97 Å². The second kappa shape index (κ2) is 14.4. The van der Waals surface area contributed by atoms with Gasteiger partial charge in [-0.25, -0.2) is 9.78 Å². The van der Waals surface area contributed by atoms with Gasteiger partial charge in [0.05, 0.1) is 19.0 Å². The third-order valence-electron chi connectivity index (χ3n) is 6.15. The lowest BCUT2D eigenvalue weighted by molar-refractivity contribution is -0.143. The minimum atomic E-state index is -1.61. The normalized spacial score (nSPS) is 13.8. The Morgan fingerprint density at radius 2 is 1.24 bits per heavy atom. The van der Waals surface area contributed by atoms with Crippen molar-refractivity contribution in [3.05, 3.63) is 77.9 Å². The molecule has 0 saturated carbocycles. The van der Waals surface area contributed by atoms with Crippen molar-refractivity contribution in [2.75, 3.05) is 6.61 Å². The van der Waals surface area contributed by atoms with E-state index in [4.69, 9.17) is 5.73 Å². The number of aliphatic carboxylic acids is 1. The summed E-state index contributed by atoms with van der Waals surface area (Å²) in [6, 6.07) is 6.77. The number of phenols is 2. The number of H-pyrrole nitrogens is 1. The van der Waals surface area contributed by atoms with Gasteiger partial charge in [-0.1, -0.05) is 24.3 Å². The van der Waals surface area contributed by atoms with E-state index in [9.17, 15) is 39.6 Å². The van der Waals surface area contributed by atoms with Crippen LogP contribution in [-0.4, -0.2) is 84.9 Å². The number of aromatic hydroxyl groups is 2. The first-order valence-corrected chi connectivity index (χ1v) is 12.6. The smallest absolute Gasteiger partial charge is 0.328 e. The molecule has 0 aliphatic heterocycles. The van der Waals surface area contributed by atoms with Crippen LogP contribution in [0.1, 0.15) is 16.8 Å². The number of benzene rings is 2. The fourth-order valence-corrected chi connectivity index (χ4v) is 3.89. The molecule has 0 aliphatic rings. The molecule has 2 aromatic carbocycles. The number of aliphatic hydroxyl groups is 1. The van der Waals surface area contributed by atoms with Gasteiger partial charge in [-0.2, -0.15) is 0 Å². The third-order valence-corrected chi connectivity index (χ3v) is 6.15. The number of aromatic amines is 1. The van der Waals surface area contributed by atoms with Crippen molar-refractivity contribution in [2.45, 2.75) is 43.4 Å². The first kappa shape index (κ1) is 30.6. The number of aliphatic hydroxyl groups excluding tert-OH is 1. The van der Waals surface area contributed by atoms with E-state index in [-0.39, 0.29) is 30.8 Å². The Hall–Kier alpha value is -4.95. The zero-order valence-electron chi connectivity index (χ0n) is 21.9. The molecule has 1 heterocycles. The molecule has 218 valence electrons. The van der Waals surface area contributed by atoms with Crippen molar-refractivity contribution in [3.63, 3.8) is 0 Å². The van der Waals surface area contributed by atoms with Crippen LogP contribution in [0.3, 0.4) is 0 Å². The Labute approximate surface area is 234 Å². The van der Waals surface area contributed by atoms with Crippen molar-refractivity contribution in [3.8, 4) is 11.5 Å². The number of amides is 3. The van der Waals surface area contributed by atoms with Crippen molar-refractivity contribution in [1.82, 2.24) is 25.9 Å². The molecular formula is C27H32N6O8. The molecule has 3 aromatic rings. The van der Waals surface area contributed by atoms with Gasteiger partial charge < -0.3 is 47.1 Å². The zero-order chi connectivity index (χ0) is 29.9. The maximum atomic E-state index is 13.5. The van der Waals surface area contributed by atoms with Crippen molar-refractivity contribution in [2.24, 2.45) is 5.73 Å². The second-order valence-electron chi connectivity index (χ2n) is 9.33. The zero-order valence-corrected chi connectivity index (χ0v) is 21.9. The predicted octanol–water partition coefficient (Wildman–Crippen LogP) is -1.29. The van der Waals surface area contributed by atoms with Crippen LogP contribution in [0.25, 0.3) is 0 Å². The van der Waals surface area contributed by atoms with Gasteiger partial charge in [-0.3, -0.25) is 14.4 Å². The molecule has 0 fully saturated rings. The Bertz CT molecular complexity index is 1310. The van der Waals surface area contributed by atoms with Crippen molar-refractivity contribution in [1.29, 1.82) is 0 Å². The molecule has 4 unspecified atom stereocenters. The van der Waals surface area contributed by atoms with E-state index < -0.39 is 54.5 Å². The van der Waals surface area contributed by atoms with Crippen LogP contribution in [0.4, 0.5) is 0 Å². The van der Waals surface area contributed by atoms with Crippen LogP contribution < -0.4 is 21.7 Å². The summed E-state index contributed by atoms with van der Waals surface area (Å²) in [6.07, 6.45) is 2.84. The number of carbonyl (C=O) groups is 4. The number of nitrogens with one attached hydrogen (secondary N) is 4. The van der Waals surface area contributed by atoms with E-state index in [0.29, 0.717) is 16.8 Å². The van der Waals surface area contributed by atoms with Gasteiger partial charge in [0.15, 0.2) is 0 Å². The third kappa shape index (κ3) is 9.33. The highest BCUT2D eigenvalue weighted by Crippen LogP contribution is 2.13. The van der Waals surface area contributed by atoms with E-state index >= 15 is 0 Å². The Kier molecular flexibility index (Phi) is 10.8. The second-order valence-corrected chi connectivity index (χ2v) is 9.33. The fourth-order valence-electron chi connectivity index (χ4n) is 3.89. The molecule has 3 rings (SSSR count). The molecule has 14 heteroatoms. The highest BCUT2D eigenvalue weighted by Gasteiger charge is 2.31. The van der Waals surface area contributed by atoms with E-state index in [2.05, 4.69) is 25.9 Å². The number of nitrogens with two attached hydrogens (primary N) is 1. The van der Waals surface area contributed by atoms with Crippen LogP contribution in [0.5, 0.6) is 11.5 Å². The van der Waals surface area contributed by atoms with Crippen molar-refractivity contribution >= 4 is 23.7 Å². The molecule has 41 heavy (non-hydrogen) atoms. The van der Waals surface area contributed by atoms with Gasteiger partial charge in [0, 0.05) is 24.7 Å². The number of aromatic nitrogens is 2. The van der Waals surface area contributed by atoms with E-state index in [0.717, 1.165) is 0 Å². The molecule has 0 spiro atoms. The number of hydrogen-bond donors (Lipinski definition) is 9. The fraction of sp³-hybridized carbons (Fsp3) is 0.296. The summed E-state index contributed by atoms with van der Waals surface area (Å²) in [6.45, 7) is -0.877. The lowest BCUT2D eigenvalue weighted by atomic mass is 10.0. The highest BCUT2D eigenvalue weighted by molar-refractivity contribution is 5.94. The summed E-state index contributed by atoms with van der Waals surface area (Å²) in [5.41, 5.74) is 7.80. The minimum absolute atomic E-state index is 0.0176. The molecule has 0 aliphatic carbocycles. The van der Waals surface area contributed by atoms with Gasteiger partial charge in [0.1, 0.15) is 29.6 Å². The monoisotopic (exact) mass is 568 g/mol. The first-order valence-electron chi connectivity index (χ1n) is 12.6. The molecule has 14 nitrogen and oxygen atoms in total. The molecule has 1 aromatic heterocycles. The van der Waals surface area contributed by atoms with Gasteiger partial charge in [-0.15, -0.1) is 0 Å². The number of carboxylic acid groups (broad SMARTS) is 1. The number of carboxylic acids is 1. The van der Waals surface area contributed by atoms with Crippen LogP contribution in [0, 0.1) is 0 Å². The van der Waals surface area contributed by atoms with Crippen LogP contribution >= 0.6 is 0 Å². The lowest BCUT2D eigenvalue weighted by Gasteiger charge is -2.25. The maximum Gasteiger partial charge on any atom is 0.328 e. The molecular weight excluding hydrogens is 536 g/mol. The minimum Gasteiger partial charge on any atom is -0.508 e. The lowest BCUT2D eigenvalue weighted by Crippen LogP contribution is -2.58. The van der Waals surface area contributed by atoms with Crippen LogP contribution in [-0.2, 0) is 38.4 Å². The quantitative estimate of drug-likeness (QED) is 0.111. The number of phenolic OH excluding ortho intramolecular Hbond substituents is 2. The summed E-state index contributed by atoms with van der Waals surface area (Å²) in [5.74, 6) is -3.73. The van der Waals surface area contributed by atoms with Crippen LogP contribution in [0.2, 0.25) is 0 Å². The summed E-state index contributed by atoms with van der Waals surface area (Å²) in [7, 11) is 0. The summed E-state index contributed by atoms with van der Waals surface area (Å²) in [4.78, 5) is 57.6. The van der Waals surface area contributed by atoms with Gasteiger partial charge in [0.2, 0.25) is 17.7 Å². The van der Waals surface area contributed by atoms with Crippen LogP contribution in [0.15, 0.2) is 61.1 Å². The maximum absolute atomic E-state index is 13.5. The average Bonchev–Trinajstić information content (AvgIpc) is 3.46. The van der Waals surface area contributed by atoms with Gasteiger partial charge in [0.25, 0.3) is 0 Å². The number of carbonyl (C=O) groups excluding carboxylic acids is 3. The number of imidazole rings is 1.